The van der Waals surface area contributed by atoms with Crippen molar-refractivity contribution >= 4 is 26.0 Å². The van der Waals surface area contributed by atoms with Gasteiger partial charge in [0.1, 0.15) is 0 Å². The second-order valence-corrected chi connectivity index (χ2v) is 7.87. The van der Waals surface area contributed by atoms with Crippen LogP contribution in [0.1, 0.15) is 39.5 Å². The zero-order chi connectivity index (χ0) is 12.2. The SMILES string of the molecule is CC(C)S(=O)(=O)NCC1CCCCC1CBr. The summed E-state index contributed by atoms with van der Waals surface area (Å²) < 4.78 is 26.0. The van der Waals surface area contributed by atoms with Crippen molar-refractivity contribution < 1.29 is 8.42 Å². The van der Waals surface area contributed by atoms with E-state index in [9.17, 15) is 8.42 Å². The Morgan fingerprint density at radius 3 is 2.31 bits per heavy atom. The van der Waals surface area contributed by atoms with E-state index in [-0.39, 0.29) is 5.25 Å². The van der Waals surface area contributed by atoms with Gasteiger partial charge >= 0.3 is 0 Å². The normalized spacial score (nSPS) is 27.2. The van der Waals surface area contributed by atoms with Crippen LogP contribution in [0.25, 0.3) is 0 Å². The minimum atomic E-state index is -3.09. The molecule has 0 aromatic carbocycles. The molecule has 1 fully saturated rings. The van der Waals surface area contributed by atoms with E-state index in [0.29, 0.717) is 18.4 Å². The van der Waals surface area contributed by atoms with Crippen LogP contribution in [-0.4, -0.2) is 25.5 Å². The van der Waals surface area contributed by atoms with E-state index in [0.717, 1.165) is 11.8 Å². The molecule has 0 aromatic heterocycles. The van der Waals surface area contributed by atoms with Crippen molar-refractivity contribution in [2.45, 2.75) is 44.8 Å². The van der Waals surface area contributed by atoms with E-state index in [4.69, 9.17) is 0 Å². The number of rotatable bonds is 5. The Balaban J connectivity index is 2.47. The lowest BCUT2D eigenvalue weighted by atomic mass is 9.80. The second-order valence-electron chi connectivity index (χ2n) is 4.90. The highest BCUT2D eigenvalue weighted by molar-refractivity contribution is 9.09. The predicted octanol–water partition coefficient (Wildman–Crippen LogP) is 2.52. The van der Waals surface area contributed by atoms with Crippen molar-refractivity contribution in [1.29, 1.82) is 0 Å². The van der Waals surface area contributed by atoms with Crippen LogP contribution < -0.4 is 4.72 Å². The van der Waals surface area contributed by atoms with Crippen LogP contribution in [0.2, 0.25) is 0 Å². The van der Waals surface area contributed by atoms with E-state index in [1.165, 1.54) is 19.3 Å². The molecule has 0 aliphatic heterocycles. The maximum atomic E-state index is 11.6. The van der Waals surface area contributed by atoms with Crippen molar-refractivity contribution in [3.8, 4) is 0 Å². The zero-order valence-corrected chi connectivity index (χ0v) is 12.5. The molecule has 3 nitrogen and oxygen atoms in total. The van der Waals surface area contributed by atoms with Gasteiger partial charge in [-0.05, 0) is 38.5 Å². The molecule has 0 radical (unpaired) electrons. The maximum absolute atomic E-state index is 11.6. The first kappa shape index (κ1) is 14.5. The van der Waals surface area contributed by atoms with Gasteiger partial charge in [-0.3, -0.25) is 0 Å². The molecule has 1 saturated carbocycles. The molecular formula is C11H22BrNO2S. The molecule has 1 aliphatic carbocycles. The van der Waals surface area contributed by atoms with Crippen LogP contribution in [0, 0.1) is 11.8 Å². The Morgan fingerprint density at radius 2 is 1.81 bits per heavy atom. The van der Waals surface area contributed by atoms with Gasteiger partial charge in [-0.2, -0.15) is 0 Å². The second kappa shape index (κ2) is 6.36. The van der Waals surface area contributed by atoms with Crippen LogP contribution in [0.15, 0.2) is 0 Å². The Kier molecular flexibility index (Phi) is 5.74. The fraction of sp³-hybridized carbons (Fsp3) is 1.00. The lowest BCUT2D eigenvalue weighted by Gasteiger charge is -2.30. The molecule has 1 rings (SSSR count). The summed E-state index contributed by atoms with van der Waals surface area (Å²) in [6, 6.07) is 0. The summed E-state index contributed by atoms with van der Waals surface area (Å²) >= 11 is 3.52. The van der Waals surface area contributed by atoms with E-state index < -0.39 is 10.0 Å². The maximum Gasteiger partial charge on any atom is 0.213 e. The molecule has 0 bridgehead atoms. The van der Waals surface area contributed by atoms with E-state index in [1.807, 2.05) is 0 Å². The van der Waals surface area contributed by atoms with Gasteiger partial charge in [0, 0.05) is 11.9 Å². The summed E-state index contributed by atoms with van der Waals surface area (Å²) in [7, 11) is -3.09. The number of alkyl halides is 1. The van der Waals surface area contributed by atoms with Gasteiger partial charge < -0.3 is 0 Å². The monoisotopic (exact) mass is 311 g/mol. The molecule has 96 valence electrons. The molecule has 0 aromatic rings. The standard InChI is InChI=1S/C11H22BrNO2S/c1-9(2)16(14,15)13-8-11-6-4-3-5-10(11)7-12/h9-11,13H,3-8H2,1-2H3. The van der Waals surface area contributed by atoms with Crippen LogP contribution in [-0.2, 0) is 10.0 Å². The van der Waals surface area contributed by atoms with Crippen molar-refractivity contribution in [2.24, 2.45) is 11.8 Å². The summed E-state index contributed by atoms with van der Waals surface area (Å²) in [5.41, 5.74) is 0. The van der Waals surface area contributed by atoms with Gasteiger partial charge in [-0.25, -0.2) is 13.1 Å². The molecule has 0 spiro atoms. The predicted molar refractivity (Wildman–Crippen MR) is 71.3 cm³/mol. The first-order valence-corrected chi connectivity index (χ1v) is 8.68. The molecule has 16 heavy (non-hydrogen) atoms. The average molecular weight is 312 g/mol. The topological polar surface area (TPSA) is 46.2 Å². The van der Waals surface area contributed by atoms with Gasteiger partial charge in [0.15, 0.2) is 0 Å². The first-order chi connectivity index (χ1) is 7.47. The minimum absolute atomic E-state index is 0.335. The van der Waals surface area contributed by atoms with E-state index >= 15 is 0 Å². The molecule has 0 saturated heterocycles. The summed E-state index contributed by atoms with van der Waals surface area (Å²) in [5.74, 6) is 1.13. The Hall–Kier alpha value is 0.390. The van der Waals surface area contributed by atoms with Crippen LogP contribution in [0.5, 0.6) is 0 Å². The van der Waals surface area contributed by atoms with Crippen molar-refractivity contribution in [2.75, 3.05) is 11.9 Å². The van der Waals surface area contributed by atoms with E-state index in [1.54, 1.807) is 13.8 Å². The highest BCUT2D eigenvalue weighted by Crippen LogP contribution is 2.30. The number of nitrogens with one attached hydrogen (secondary N) is 1. The number of halogens is 1. The first-order valence-electron chi connectivity index (χ1n) is 6.02. The van der Waals surface area contributed by atoms with E-state index in [2.05, 4.69) is 20.7 Å². The van der Waals surface area contributed by atoms with Gasteiger partial charge in [-0.1, -0.05) is 28.8 Å². The summed E-state index contributed by atoms with van der Waals surface area (Å²) in [4.78, 5) is 0. The number of sulfonamides is 1. The molecule has 1 N–H and O–H groups in total. The molecule has 1 aliphatic rings. The van der Waals surface area contributed by atoms with Crippen LogP contribution >= 0.6 is 15.9 Å². The van der Waals surface area contributed by atoms with Crippen molar-refractivity contribution in [3.05, 3.63) is 0 Å². The summed E-state index contributed by atoms with van der Waals surface area (Å²) in [5, 5.41) is 0.652. The molecule has 0 heterocycles. The number of hydrogen-bond acceptors (Lipinski definition) is 2. The Bertz CT molecular complexity index is 303. The third kappa shape index (κ3) is 4.00. The van der Waals surface area contributed by atoms with Gasteiger partial charge in [0.05, 0.1) is 5.25 Å². The van der Waals surface area contributed by atoms with Crippen LogP contribution in [0.3, 0.4) is 0 Å². The lowest BCUT2D eigenvalue weighted by Crippen LogP contribution is -2.38. The molecule has 5 heteroatoms. The summed E-state index contributed by atoms with van der Waals surface area (Å²) in [6.07, 6.45) is 4.89. The lowest BCUT2D eigenvalue weighted by molar-refractivity contribution is 0.263. The highest BCUT2D eigenvalue weighted by atomic mass is 79.9. The minimum Gasteiger partial charge on any atom is -0.215 e. The van der Waals surface area contributed by atoms with Gasteiger partial charge in [-0.15, -0.1) is 0 Å². The summed E-state index contributed by atoms with van der Waals surface area (Å²) in [6.45, 7) is 4.03. The highest BCUT2D eigenvalue weighted by Gasteiger charge is 2.26. The Labute approximate surface area is 108 Å². The smallest absolute Gasteiger partial charge is 0.213 e. The van der Waals surface area contributed by atoms with Gasteiger partial charge in [0.2, 0.25) is 10.0 Å². The largest absolute Gasteiger partial charge is 0.215 e. The third-order valence-electron chi connectivity index (χ3n) is 3.43. The van der Waals surface area contributed by atoms with Crippen molar-refractivity contribution in [1.82, 2.24) is 4.72 Å². The fourth-order valence-corrected chi connectivity index (χ4v) is 3.78. The fourth-order valence-electron chi connectivity index (χ4n) is 2.15. The number of hydrogen-bond donors (Lipinski definition) is 1. The van der Waals surface area contributed by atoms with Gasteiger partial charge in [0.25, 0.3) is 0 Å². The molecule has 0 amide bonds. The molecular weight excluding hydrogens is 290 g/mol. The van der Waals surface area contributed by atoms with Crippen LogP contribution in [0.4, 0.5) is 0 Å². The zero-order valence-electron chi connectivity index (χ0n) is 10.1. The quantitative estimate of drug-likeness (QED) is 0.793. The average Bonchev–Trinajstić information content (AvgIpc) is 2.26. The molecule has 2 atom stereocenters. The molecule has 2 unspecified atom stereocenters. The third-order valence-corrected chi connectivity index (χ3v) is 6.07. The van der Waals surface area contributed by atoms with Crippen molar-refractivity contribution in [3.63, 3.8) is 0 Å². The Morgan fingerprint density at radius 1 is 1.25 bits per heavy atom.